The molecule has 0 saturated carbocycles. The van der Waals surface area contributed by atoms with Crippen LogP contribution in [0.5, 0.6) is 0 Å². The number of morpholine rings is 1. The molecule has 33 heavy (non-hydrogen) atoms. The van der Waals surface area contributed by atoms with Crippen LogP contribution in [0.1, 0.15) is 11.1 Å². The van der Waals surface area contributed by atoms with Crippen molar-refractivity contribution < 1.29 is 22.3 Å². The van der Waals surface area contributed by atoms with Crippen molar-refractivity contribution in [3.05, 3.63) is 53.3 Å². The normalized spacial score (nSPS) is 15.1. The molecule has 0 aliphatic carbocycles. The first-order valence-corrected chi connectivity index (χ1v) is 13.2. The van der Waals surface area contributed by atoms with Crippen LogP contribution in [-0.2, 0) is 19.4 Å². The number of nitrogens with zero attached hydrogens (tertiary/aromatic N) is 3. The number of amides is 1. The summed E-state index contributed by atoms with van der Waals surface area (Å²) in [5.74, 6) is -1.80. The molecule has 3 aromatic rings. The van der Waals surface area contributed by atoms with Crippen LogP contribution in [0.15, 0.2) is 41.3 Å². The molecule has 2 heterocycles. The molecule has 0 N–H and O–H groups in total. The summed E-state index contributed by atoms with van der Waals surface area (Å²) in [5.41, 5.74) is 2.87. The number of aromatic nitrogens is 1. The minimum absolute atomic E-state index is 0.0821. The molecule has 1 aliphatic heterocycles. The number of anilines is 1. The summed E-state index contributed by atoms with van der Waals surface area (Å²) in [5, 5.41) is 0.481. The second-order valence-corrected chi connectivity index (χ2v) is 11.1. The lowest BCUT2D eigenvalue weighted by molar-refractivity contribution is -0.116. The van der Waals surface area contributed by atoms with E-state index in [0.717, 1.165) is 46.6 Å². The zero-order chi connectivity index (χ0) is 23.6. The Morgan fingerprint density at radius 1 is 1.12 bits per heavy atom. The molecule has 4 rings (SSSR count). The first kappa shape index (κ1) is 23.7. The number of benzene rings is 2. The van der Waals surface area contributed by atoms with E-state index < -0.39 is 27.3 Å². The Bertz CT molecular complexity index is 1210. The number of thiazole rings is 1. The predicted octanol–water partition coefficient (Wildman–Crippen LogP) is 3.19. The van der Waals surface area contributed by atoms with Gasteiger partial charge in [0.2, 0.25) is 5.91 Å². The Labute approximate surface area is 196 Å². The van der Waals surface area contributed by atoms with Crippen molar-refractivity contribution in [1.29, 1.82) is 0 Å². The zero-order valence-electron chi connectivity index (χ0n) is 18.6. The van der Waals surface area contributed by atoms with Crippen LogP contribution in [-0.4, -0.2) is 69.4 Å². The summed E-state index contributed by atoms with van der Waals surface area (Å²) in [4.78, 5) is 21.6. The van der Waals surface area contributed by atoms with E-state index in [1.165, 1.54) is 28.4 Å². The summed E-state index contributed by atoms with van der Waals surface area (Å²) >= 11 is 1.39. The topological polar surface area (TPSA) is 79.8 Å². The van der Waals surface area contributed by atoms with Gasteiger partial charge in [0.15, 0.2) is 15.0 Å². The monoisotopic (exact) mass is 491 g/mol. The van der Waals surface area contributed by atoms with Crippen molar-refractivity contribution in [2.24, 2.45) is 0 Å². The maximum Gasteiger partial charge on any atom is 0.244 e. The summed E-state index contributed by atoms with van der Waals surface area (Å²) in [6, 6.07) is 8.51. The highest BCUT2D eigenvalue weighted by Gasteiger charge is 2.27. The fourth-order valence-electron chi connectivity index (χ4n) is 3.72. The number of hydrogen-bond acceptors (Lipinski definition) is 7. The quantitative estimate of drug-likeness (QED) is 0.473. The van der Waals surface area contributed by atoms with Gasteiger partial charge in [0.05, 0.1) is 28.3 Å². The van der Waals surface area contributed by atoms with Crippen LogP contribution in [0.2, 0.25) is 0 Å². The number of aryl methyl sites for hydroxylation is 2. The molecule has 1 amide bonds. The molecule has 10 heteroatoms. The van der Waals surface area contributed by atoms with Crippen LogP contribution in [0, 0.1) is 19.7 Å². The van der Waals surface area contributed by atoms with Crippen LogP contribution in [0.25, 0.3) is 10.2 Å². The molecule has 1 aliphatic rings. The van der Waals surface area contributed by atoms with Crippen molar-refractivity contribution >= 4 is 42.4 Å². The van der Waals surface area contributed by atoms with E-state index in [4.69, 9.17) is 9.72 Å². The van der Waals surface area contributed by atoms with E-state index in [0.29, 0.717) is 31.4 Å². The molecule has 1 aromatic heterocycles. The van der Waals surface area contributed by atoms with Crippen LogP contribution < -0.4 is 4.90 Å². The highest BCUT2D eigenvalue weighted by Crippen LogP contribution is 2.33. The van der Waals surface area contributed by atoms with Crippen molar-refractivity contribution in [1.82, 2.24) is 9.88 Å². The third-order valence-electron chi connectivity index (χ3n) is 5.69. The van der Waals surface area contributed by atoms with Gasteiger partial charge in [0.1, 0.15) is 11.6 Å². The van der Waals surface area contributed by atoms with Crippen LogP contribution >= 0.6 is 11.3 Å². The number of fused-ring (bicyclic) bond motifs is 1. The van der Waals surface area contributed by atoms with Gasteiger partial charge in [-0.2, -0.15) is 0 Å². The van der Waals surface area contributed by atoms with Gasteiger partial charge in [-0.25, -0.2) is 17.8 Å². The van der Waals surface area contributed by atoms with E-state index in [-0.39, 0.29) is 4.90 Å². The average Bonchev–Trinajstić information content (AvgIpc) is 3.24. The van der Waals surface area contributed by atoms with Gasteiger partial charge in [-0.1, -0.05) is 23.5 Å². The number of carbonyl (C=O) groups excluding carboxylic acids is 1. The number of hydrogen-bond donors (Lipinski definition) is 0. The fraction of sp³-hybridized carbons (Fsp3) is 0.391. The van der Waals surface area contributed by atoms with E-state index in [9.17, 15) is 17.6 Å². The number of carbonyl (C=O) groups is 1. The summed E-state index contributed by atoms with van der Waals surface area (Å²) in [6.07, 6.45) is 0. The largest absolute Gasteiger partial charge is 0.379 e. The number of halogens is 1. The molecule has 0 bridgehead atoms. The maximum atomic E-state index is 13.3. The predicted molar refractivity (Wildman–Crippen MR) is 127 cm³/mol. The summed E-state index contributed by atoms with van der Waals surface area (Å²) < 4.78 is 45.3. The van der Waals surface area contributed by atoms with Crippen molar-refractivity contribution in [2.45, 2.75) is 18.7 Å². The minimum atomic E-state index is -3.93. The molecule has 0 spiro atoms. The SMILES string of the molecule is Cc1ccc(C)c2sc(N(CCN3CCOCC3)C(=O)CS(=O)(=O)c3ccc(F)cc3)nc12. The Morgan fingerprint density at radius 2 is 1.79 bits per heavy atom. The zero-order valence-corrected chi connectivity index (χ0v) is 20.2. The molecule has 1 fully saturated rings. The standard InChI is InChI=1S/C23H26FN3O4S2/c1-16-3-4-17(2)22-21(16)25-23(32-22)27(10-9-26-11-13-31-14-12-26)20(28)15-33(29,30)19-7-5-18(24)6-8-19/h3-8H,9-15H2,1-2H3. The molecule has 2 aromatic carbocycles. The van der Waals surface area contributed by atoms with Gasteiger partial charge in [-0.15, -0.1) is 0 Å². The van der Waals surface area contributed by atoms with Crippen LogP contribution in [0.3, 0.4) is 0 Å². The molecular weight excluding hydrogens is 465 g/mol. The third kappa shape index (κ3) is 5.40. The van der Waals surface area contributed by atoms with Crippen molar-refractivity contribution in [2.75, 3.05) is 50.0 Å². The Kier molecular flexibility index (Phi) is 7.08. The van der Waals surface area contributed by atoms with E-state index in [1.807, 2.05) is 26.0 Å². The smallest absolute Gasteiger partial charge is 0.244 e. The van der Waals surface area contributed by atoms with E-state index >= 15 is 0 Å². The van der Waals surface area contributed by atoms with Crippen LogP contribution in [0.4, 0.5) is 9.52 Å². The maximum absolute atomic E-state index is 13.3. The van der Waals surface area contributed by atoms with Gasteiger partial charge < -0.3 is 4.74 Å². The Hall–Kier alpha value is -2.40. The number of rotatable bonds is 7. The van der Waals surface area contributed by atoms with Gasteiger partial charge >= 0.3 is 0 Å². The van der Waals surface area contributed by atoms with E-state index in [2.05, 4.69) is 4.90 Å². The number of sulfone groups is 1. The fourth-order valence-corrected chi connectivity index (χ4v) is 6.08. The van der Waals surface area contributed by atoms with Gasteiger partial charge in [-0.05, 0) is 49.2 Å². The molecule has 176 valence electrons. The molecule has 7 nitrogen and oxygen atoms in total. The van der Waals surface area contributed by atoms with Gasteiger partial charge in [0.25, 0.3) is 0 Å². The second-order valence-electron chi connectivity index (χ2n) is 8.09. The lowest BCUT2D eigenvalue weighted by atomic mass is 10.1. The molecule has 0 unspecified atom stereocenters. The van der Waals surface area contributed by atoms with Crippen molar-refractivity contribution in [3.8, 4) is 0 Å². The van der Waals surface area contributed by atoms with Gasteiger partial charge in [0, 0.05) is 26.2 Å². The highest BCUT2D eigenvalue weighted by molar-refractivity contribution is 7.92. The number of ether oxygens (including phenoxy) is 1. The molecule has 1 saturated heterocycles. The lowest BCUT2D eigenvalue weighted by Gasteiger charge is -2.29. The molecule has 0 radical (unpaired) electrons. The highest BCUT2D eigenvalue weighted by atomic mass is 32.2. The first-order chi connectivity index (χ1) is 15.7. The second kappa shape index (κ2) is 9.84. The minimum Gasteiger partial charge on any atom is -0.379 e. The summed E-state index contributed by atoms with van der Waals surface area (Å²) in [7, 11) is -3.93. The Morgan fingerprint density at radius 3 is 2.45 bits per heavy atom. The third-order valence-corrected chi connectivity index (χ3v) is 8.52. The van der Waals surface area contributed by atoms with Gasteiger partial charge in [-0.3, -0.25) is 14.6 Å². The molecular formula is C23H26FN3O4S2. The lowest BCUT2D eigenvalue weighted by Crippen LogP contribution is -2.44. The molecule has 0 atom stereocenters. The van der Waals surface area contributed by atoms with E-state index in [1.54, 1.807) is 0 Å². The average molecular weight is 492 g/mol. The first-order valence-electron chi connectivity index (χ1n) is 10.7. The Balaban J connectivity index is 1.63. The van der Waals surface area contributed by atoms with Crippen molar-refractivity contribution in [3.63, 3.8) is 0 Å². The summed E-state index contributed by atoms with van der Waals surface area (Å²) in [6.45, 7) is 7.63.